The fourth-order valence-electron chi connectivity index (χ4n) is 15.3. The molecule has 1 spiro atoms. The van der Waals surface area contributed by atoms with Crippen molar-refractivity contribution in [2.75, 3.05) is 0 Å². The summed E-state index contributed by atoms with van der Waals surface area (Å²) in [7, 11) is 0. The highest BCUT2D eigenvalue weighted by molar-refractivity contribution is 5.93. The highest BCUT2D eigenvalue weighted by atomic mass is 16.5. The quantitative estimate of drug-likeness (QED) is 0.0516. The lowest BCUT2D eigenvalue weighted by Gasteiger charge is -2.31. The van der Waals surface area contributed by atoms with Gasteiger partial charge in [-0.15, -0.1) is 0 Å². The first-order valence-electron chi connectivity index (χ1n) is 34.8. The number of para-hydroxylation sites is 2. The molecule has 0 fully saturated rings. The number of ether oxygens (including phenoxy) is 8. The van der Waals surface area contributed by atoms with E-state index in [9.17, 15) is 29.7 Å². The molecule has 1 unspecified atom stereocenters. The largest absolute Gasteiger partial charge is 0.468 e. The van der Waals surface area contributed by atoms with E-state index in [1.165, 1.54) is 0 Å². The standard InChI is InChI=1S/C93H60N4O12/c1-91(2)53-93(75-45-87(107-80-14-8-12-78(72(80)48-95)103-68-32-28-60-36-56(50-99)20-24-64(60)40-68)85(43-73(75)91)106-79-13-7-11-77(71(79)47-94)102-67-31-27-59-35-55(49-98)19-23-63(59)39-67)54-92(3,4)74-44-86(108-83-17-9-15-81(89(83)96-5)104-69-33-29-61-37-57(51-100)21-25-65(61)41-69)88(46-76(74)93)109-84-18-10-16-82(90(84)97-6)105-70-34-30-62-38-58(52-101)22-26-66(62)42-70/h7-46,49-52H,53-54H2,1-4H3. The normalized spacial score (nSPS) is 14.1. The molecular formula is C93H60N4O12. The Morgan fingerprint density at radius 3 is 0.826 bits per heavy atom. The molecule has 109 heavy (non-hydrogen) atoms. The first-order valence-corrected chi connectivity index (χ1v) is 34.8. The number of hydrogen-bond donors (Lipinski definition) is 0. The van der Waals surface area contributed by atoms with Gasteiger partial charge in [-0.05, 0) is 235 Å². The fraction of sp³-hybridized carbons (Fsp3) is 0.0968. The van der Waals surface area contributed by atoms with Crippen molar-refractivity contribution in [3.63, 3.8) is 0 Å². The number of nitriles is 2. The van der Waals surface area contributed by atoms with Crippen LogP contribution < -0.4 is 37.9 Å². The summed E-state index contributed by atoms with van der Waals surface area (Å²) in [4.78, 5) is 54.6. The second-order valence-corrected chi connectivity index (χ2v) is 28.2. The van der Waals surface area contributed by atoms with Gasteiger partial charge < -0.3 is 37.9 Å². The Morgan fingerprint density at radius 1 is 0.303 bits per heavy atom. The van der Waals surface area contributed by atoms with E-state index >= 15 is 0 Å². The number of benzene rings is 14. The highest BCUT2D eigenvalue weighted by Gasteiger charge is 2.57. The van der Waals surface area contributed by atoms with E-state index in [-0.39, 0.29) is 91.5 Å². The lowest BCUT2D eigenvalue weighted by atomic mass is 9.72. The molecule has 14 aromatic carbocycles. The molecule has 0 saturated heterocycles. The molecule has 1 atom stereocenters. The smallest absolute Gasteiger partial charge is 0.270 e. The molecule has 2 aliphatic rings. The molecule has 0 saturated carbocycles. The Bertz CT molecular complexity index is 6000. The van der Waals surface area contributed by atoms with Crippen LogP contribution in [0.5, 0.6) is 92.0 Å². The zero-order chi connectivity index (χ0) is 75.3. The zero-order valence-corrected chi connectivity index (χ0v) is 59.0. The van der Waals surface area contributed by atoms with Crippen molar-refractivity contribution < 1.29 is 57.1 Å². The van der Waals surface area contributed by atoms with Crippen molar-refractivity contribution in [2.45, 2.75) is 56.8 Å². The maximum atomic E-state index is 11.7. The van der Waals surface area contributed by atoms with Gasteiger partial charge in [0.2, 0.25) is 0 Å². The third-order valence-corrected chi connectivity index (χ3v) is 20.2. The summed E-state index contributed by atoms with van der Waals surface area (Å²) in [5.74, 6) is 3.93. The Labute approximate surface area is 625 Å². The van der Waals surface area contributed by atoms with Crippen LogP contribution in [0.15, 0.2) is 243 Å². The van der Waals surface area contributed by atoms with E-state index in [1.807, 2.05) is 97.1 Å². The van der Waals surface area contributed by atoms with Gasteiger partial charge in [0.1, 0.15) is 117 Å². The van der Waals surface area contributed by atoms with Crippen molar-refractivity contribution >= 4 is 79.6 Å². The van der Waals surface area contributed by atoms with Crippen LogP contribution in [0.3, 0.4) is 0 Å². The number of carbonyl (C=O) groups is 4. The van der Waals surface area contributed by atoms with Crippen LogP contribution in [0.4, 0.5) is 11.4 Å². The molecule has 16 nitrogen and oxygen atoms in total. The van der Waals surface area contributed by atoms with Gasteiger partial charge in [0.15, 0.2) is 23.0 Å². The predicted octanol–water partition coefficient (Wildman–Crippen LogP) is 24.4. The zero-order valence-electron chi connectivity index (χ0n) is 59.0. The maximum Gasteiger partial charge on any atom is 0.270 e. The topological polar surface area (TPSA) is 198 Å². The Kier molecular flexibility index (Phi) is 17.4. The van der Waals surface area contributed by atoms with Gasteiger partial charge in [0, 0.05) is 27.7 Å². The van der Waals surface area contributed by atoms with E-state index in [2.05, 4.69) is 49.5 Å². The Balaban J connectivity index is 0.835. The first kappa shape index (κ1) is 68.6. The van der Waals surface area contributed by atoms with Gasteiger partial charge >= 0.3 is 0 Å². The van der Waals surface area contributed by atoms with Gasteiger partial charge in [-0.3, -0.25) is 19.2 Å². The van der Waals surface area contributed by atoms with E-state index in [0.29, 0.717) is 58.1 Å². The molecule has 0 N–H and O–H groups in total. The lowest BCUT2D eigenvalue weighted by Crippen LogP contribution is -2.27. The molecular weight excluding hydrogens is 1370 g/mol. The average Bonchev–Trinajstić information content (AvgIpc) is 1.52. The number of hydrogen-bond acceptors (Lipinski definition) is 14. The maximum absolute atomic E-state index is 11.7. The minimum Gasteiger partial charge on any atom is -0.468 e. The molecule has 16 rings (SSSR count). The molecule has 0 heterocycles. The molecule has 0 amide bonds. The second kappa shape index (κ2) is 27.7. The summed E-state index contributed by atoms with van der Waals surface area (Å²) >= 11 is 0. The monoisotopic (exact) mass is 1420 g/mol. The Hall–Kier alpha value is -14.8. The molecule has 524 valence electrons. The van der Waals surface area contributed by atoms with Crippen LogP contribution in [-0.2, 0) is 16.2 Å². The van der Waals surface area contributed by atoms with Crippen molar-refractivity contribution in [2.24, 2.45) is 0 Å². The van der Waals surface area contributed by atoms with E-state index in [1.54, 1.807) is 146 Å². The minimum atomic E-state index is -0.850. The van der Waals surface area contributed by atoms with Gasteiger partial charge in [-0.1, -0.05) is 125 Å². The minimum absolute atomic E-state index is 0.0510. The van der Waals surface area contributed by atoms with Crippen LogP contribution in [0.1, 0.15) is 115 Å². The Morgan fingerprint density at radius 2 is 0.541 bits per heavy atom. The van der Waals surface area contributed by atoms with Crippen LogP contribution in [-0.4, -0.2) is 25.1 Å². The summed E-state index contributed by atoms with van der Waals surface area (Å²) in [5, 5.41) is 28.9. The van der Waals surface area contributed by atoms with Crippen molar-refractivity contribution in [3.8, 4) is 104 Å². The van der Waals surface area contributed by atoms with Crippen molar-refractivity contribution in [1.82, 2.24) is 0 Å². The molecule has 2 aliphatic carbocycles. The highest BCUT2D eigenvalue weighted by Crippen LogP contribution is 2.66. The van der Waals surface area contributed by atoms with Crippen LogP contribution in [0, 0.1) is 35.8 Å². The van der Waals surface area contributed by atoms with Gasteiger partial charge in [0.05, 0.1) is 13.1 Å². The van der Waals surface area contributed by atoms with Gasteiger partial charge in [-0.2, -0.15) is 10.5 Å². The summed E-state index contributed by atoms with van der Waals surface area (Å²) in [5.41, 5.74) is 3.82. The molecule has 0 aliphatic heterocycles. The molecule has 0 bridgehead atoms. The number of aldehydes is 4. The summed E-state index contributed by atoms with van der Waals surface area (Å²) in [6, 6.07) is 75.9. The summed E-state index contributed by atoms with van der Waals surface area (Å²) in [6.45, 7) is 26.0. The van der Waals surface area contributed by atoms with Gasteiger partial charge in [0.25, 0.3) is 11.4 Å². The van der Waals surface area contributed by atoms with Crippen LogP contribution in [0.2, 0.25) is 0 Å². The third kappa shape index (κ3) is 12.9. The SMILES string of the molecule is [C-]#[N+]c1c(Oc2ccc3cc(C=O)ccc3c2)cccc1Oc1cc2c(cc1Oc1cccc(Oc3ccc4cc(C=O)ccc4c3)c1[N+]#[C-])C1(CC(C)(C)c3cc(Oc4cccc(Oc5ccc6cc(C=O)ccc6c5)c4C#N)c(Oc4cccc(Oc5ccc6cc(C=O)ccc6c5)c4C#N)cc31)CC2(C)C. The van der Waals surface area contributed by atoms with Crippen molar-refractivity contribution in [1.29, 1.82) is 10.5 Å². The third-order valence-electron chi connectivity index (χ3n) is 20.2. The average molecular weight is 1430 g/mol. The lowest BCUT2D eigenvalue weighted by molar-refractivity contribution is 0.111. The number of fused-ring (bicyclic) bond motifs is 8. The van der Waals surface area contributed by atoms with E-state index < -0.39 is 16.2 Å². The number of rotatable bonds is 20. The molecule has 16 heteroatoms. The second-order valence-electron chi connectivity index (χ2n) is 28.2. The van der Waals surface area contributed by atoms with Crippen LogP contribution in [0.25, 0.3) is 52.8 Å². The van der Waals surface area contributed by atoms with Crippen LogP contribution >= 0.6 is 0 Å². The fourth-order valence-corrected chi connectivity index (χ4v) is 15.3. The molecule has 0 aromatic heterocycles. The van der Waals surface area contributed by atoms with E-state index in [0.717, 1.165) is 90.5 Å². The number of carbonyl (C=O) groups excluding carboxylic acids is 4. The molecule has 14 aromatic rings. The van der Waals surface area contributed by atoms with E-state index in [4.69, 9.17) is 51.0 Å². The summed E-state index contributed by atoms with van der Waals surface area (Å²) in [6.07, 6.45) is 4.23. The van der Waals surface area contributed by atoms with Crippen molar-refractivity contribution in [3.05, 3.63) is 321 Å². The first-order chi connectivity index (χ1) is 53.0. The molecule has 0 radical (unpaired) electrons. The predicted molar refractivity (Wildman–Crippen MR) is 415 cm³/mol. The number of nitrogens with zero attached hydrogens (tertiary/aromatic N) is 4. The summed E-state index contributed by atoms with van der Waals surface area (Å²) < 4.78 is 54.4. The van der Waals surface area contributed by atoms with Gasteiger partial charge in [-0.25, -0.2) is 9.69 Å².